The van der Waals surface area contributed by atoms with Crippen LogP contribution in [0, 0.1) is 0 Å². The van der Waals surface area contributed by atoms with Crippen LogP contribution >= 0.6 is 12.2 Å². The molecule has 1 aliphatic heterocycles. The molecule has 2 N–H and O–H groups in total. The lowest BCUT2D eigenvalue weighted by atomic mass is 10.2. The van der Waals surface area contributed by atoms with Crippen molar-refractivity contribution in [3.05, 3.63) is 24.2 Å². The number of ether oxygens (including phenoxy) is 1. The molecule has 0 bridgehead atoms. The third-order valence-electron chi connectivity index (χ3n) is 3.66. The van der Waals surface area contributed by atoms with Crippen LogP contribution < -0.4 is 10.6 Å². The fourth-order valence-electron chi connectivity index (χ4n) is 2.43. The molecule has 1 saturated heterocycles. The van der Waals surface area contributed by atoms with Crippen molar-refractivity contribution in [2.75, 3.05) is 39.3 Å². The second-order valence-electron chi connectivity index (χ2n) is 6.92. The fourth-order valence-corrected chi connectivity index (χ4v) is 2.71. The summed E-state index contributed by atoms with van der Waals surface area (Å²) in [5.41, 5.74) is -0.514. The molecule has 0 atom stereocenters. The number of nitrogens with zero attached hydrogens (tertiary/aromatic N) is 2. The summed E-state index contributed by atoms with van der Waals surface area (Å²) < 4.78 is 10.3. The summed E-state index contributed by atoms with van der Waals surface area (Å²) in [4.78, 5) is 27.5. The van der Waals surface area contributed by atoms with Gasteiger partial charge in [0.05, 0.1) is 6.26 Å². The Balaban J connectivity index is 1.64. The van der Waals surface area contributed by atoms with E-state index in [1.807, 2.05) is 25.7 Å². The first kappa shape index (κ1) is 20.0. The van der Waals surface area contributed by atoms with E-state index in [2.05, 4.69) is 10.6 Å². The van der Waals surface area contributed by atoms with Crippen molar-refractivity contribution in [2.45, 2.75) is 26.4 Å². The van der Waals surface area contributed by atoms with Crippen LogP contribution in [0.2, 0.25) is 0 Å². The molecule has 0 unspecified atom stereocenters. The lowest BCUT2D eigenvalue weighted by Gasteiger charge is -2.35. The summed E-state index contributed by atoms with van der Waals surface area (Å²) in [6.45, 7) is 8.82. The van der Waals surface area contributed by atoms with E-state index >= 15 is 0 Å². The first-order chi connectivity index (χ1) is 12.3. The highest BCUT2D eigenvalue weighted by Gasteiger charge is 2.24. The molecule has 26 heavy (non-hydrogen) atoms. The summed E-state index contributed by atoms with van der Waals surface area (Å²) in [5, 5.41) is 6.39. The second-order valence-corrected chi connectivity index (χ2v) is 7.30. The topological polar surface area (TPSA) is 87.0 Å². The Labute approximate surface area is 158 Å². The molecular weight excluding hydrogens is 356 g/mol. The van der Waals surface area contributed by atoms with Crippen molar-refractivity contribution in [3.8, 4) is 0 Å². The molecule has 0 saturated carbocycles. The summed E-state index contributed by atoms with van der Waals surface area (Å²) in [6.07, 6.45) is 1.05. The van der Waals surface area contributed by atoms with Crippen molar-refractivity contribution < 1.29 is 18.7 Å². The van der Waals surface area contributed by atoms with E-state index in [0.29, 0.717) is 50.1 Å². The van der Waals surface area contributed by atoms with Gasteiger partial charge in [0.15, 0.2) is 10.9 Å². The van der Waals surface area contributed by atoms with Gasteiger partial charge in [-0.2, -0.15) is 0 Å². The number of carbonyl (C=O) groups is 2. The SMILES string of the molecule is CC(C)(C)OC(=O)NCCNC(=S)N1CCN(C(=O)c2ccco2)CC1. The molecule has 0 radical (unpaired) electrons. The van der Waals surface area contributed by atoms with Gasteiger partial charge in [0.1, 0.15) is 5.60 Å². The van der Waals surface area contributed by atoms with Gasteiger partial charge >= 0.3 is 6.09 Å². The van der Waals surface area contributed by atoms with Crippen LogP contribution in [0.15, 0.2) is 22.8 Å². The zero-order chi connectivity index (χ0) is 19.2. The van der Waals surface area contributed by atoms with Gasteiger partial charge in [-0.15, -0.1) is 0 Å². The number of hydrogen-bond acceptors (Lipinski definition) is 5. The first-order valence-electron chi connectivity index (χ1n) is 8.59. The van der Waals surface area contributed by atoms with Crippen LogP contribution in [0.3, 0.4) is 0 Å². The predicted molar refractivity (Wildman–Crippen MR) is 101 cm³/mol. The van der Waals surface area contributed by atoms with Crippen molar-refractivity contribution >= 4 is 29.3 Å². The molecule has 1 fully saturated rings. The van der Waals surface area contributed by atoms with E-state index in [4.69, 9.17) is 21.4 Å². The van der Waals surface area contributed by atoms with Crippen molar-refractivity contribution in [3.63, 3.8) is 0 Å². The summed E-state index contributed by atoms with van der Waals surface area (Å²) in [7, 11) is 0. The number of rotatable bonds is 4. The molecule has 9 heteroatoms. The lowest BCUT2D eigenvalue weighted by Crippen LogP contribution is -2.53. The normalized spacial score (nSPS) is 14.7. The first-order valence-corrected chi connectivity index (χ1v) is 8.99. The zero-order valence-corrected chi connectivity index (χ0v) is 16.2. The molecule has 0 aliphatic carbocycles. The maximum Gasteiger partial charge on any atom is 0.407 e. The maximum atomic E-state index is 12.2. The van der Waals surface area contributed by atoms with Gasteiger partial charge in [-0.05, 0) is 45.1 Å². The Hall–Kier alpha value is -2.29. The number of amides is 2. The van der Waals surface area contributed by atoms with Crippen molar-refractivity contribution in [1.82, 2.24) is 20.4 Å². The number of thiocarbonyl (C=S) groups is 1. The lowest BCUT2D eigenvalue weighted by molar-refractivity contribution is 0.0528. The fraction of sp³-hybridized carbons (Fsp3) is 0.588. The highest BCUT2D eigenvalue weighted by Crippen LogP contribution is 2.09. The molecule has 2 heterocycles. The largest absolute Gasteiger partial charge is 0.459 e. The second kappa shape index (κ2) is 8.88. The summed E-state index contributed by atoms with van der Waals surface area (Å²) in [5.74, 6) is 0.252. The van der Waals surface area contributed by atoms with Gasteiger partial charge in [-0.1, -0.05) is 0 Å². The quantitative estimate of drug-likeness (QED) is 0.602. The Kier molecular flexibility index (Phi) is 6.84. The average Bonchev–Trinajstić information content (AvgIpc) is 3.11. The number of furan rings is 1. The molecule has 8 nitrogen and oxygen atoms in total. The van der Waals surface area contributed by atoms with Crippen LogP contribution in [0.25, 0.3) is 0 Å². The summed E-state index contributed by atoms with van der Waals surface area (Å²) in [6, 6.07) is 3.37. The number of carbonyl (C=O) groups excluding carboxylic acids is 2. The molecule has 2 amide bonds. The van der Waals surface area contributed by atoms with E-state index < -0.39 is 11.7 Å². The molecule has 1 aromatic heterocycles. The summed E-state index contributed by atoms with van der Waals surface area (Å²) >= 11 is 5.37. The monoisotopic (exact) mass is 382 g/mol. The molecule has 0 spiro atoms. The molecule has 1 aromatic rings. The molecule has 2 rings (SSSR count). The average molecular weight is 382 g/mol. The number of alkyl carbamates (subject to hydrolysis) is 1. The van der Waals surface area contributed by atoms with Crippen LogP contribution in [-0.4, -0.2) is 71.8 Å². The van der Waals surface area contributed by atoms with E-state index in [1.165, 1.54) is 6.26 Å². The molecule has 1 aliphatic rings. The van der Waals surface area contributed by atoms with Gasteiger partial charge in [-0.25, -0.2) is 4.79 Å². The Bertz CT molecular complexity index is 619. The van der Waals surface area contributed by atoms with Crippen LogP contribution in [0.5, 0.6) is 0 Å². The number of hydrogen-bond donors (Lipinski definition) is 2. The van der Waals surface area contributed by atoms with Crippen molar-refractivity contribution in [2.24, 2.45) is 0 Å². The minimum atomic E-state index is -0.514. The van der Waals surface area contributed by atoms with Crippen LogP contribution in [0.4, 0.5) is 4.79 Å². The molecule has 0 aromatic carbocycles. The van der Waals surface area contributed by atoms with Gasteiger partial charge in [0, 0.05) is 39.3 Å². The standard InChI is InChI=1S/C17H26N4O4S/c1-17(2,3)25-16(23)19-7-6-18-15(26)21-10-8-20(9-11-21)14(22)13-5-4-12-24-13/h4-5,12H,6-11H2,1-3H3,(H,18,26)(H,19,23). The van der Waals surface area contributed by atoms with Gasteiger partial charge in [0.2, 0.25) is 0 Å². The third-order valence-corrected chi connectivity index (χ3v) is 4.06. The van der Waals surface area contributed by atoms with E-state index in [0.717, 1.165) is 0 Å². The van der Waals surface area contributed by atoms with Crippen molar-refractivity contribution in [1.29, 1.82) is 0 Å². The molecular formula is C17H26N4O4S. The van der Waals surface area contributed by atoms with E-state index in [9.17, 15) is 9.59 Å². The third kappa shape index (κ3) is 6.21. The van der Waals surface area contributed by atoms with Gasteiger partial charge in [0.25, 0.3) is 5.91 Å². The predicted octanol–water partition coefficient (Wildman–Crippen LogP) is 1.44. The Morgan fingerprint density at radius 1 is 1.15 bits per heavy atom. The number of nitrogens with one attached hydrogen (secondary N) is 2. The number of piperazine rings is 1. The van der Waals surface area contributed by atoms with E-state index in [-0.39, 0.29) is 5.91 Å². The highest BCUT2D eigenvalue weighted by molar-refractivity contribution is 7.80. The molecule has 144 valence electrons. The van der Waals surface area contributed by atoms with Crippen LogP contribution in [0.1, 0.15) is 31.3 Å². The van der Waals surface area contributed by atoms with Gasteiger partial charge in [-0.3, -0.25) is 4.79 Å². The maximum absolute atomic E-state index is 12.2. The van der Waals surface area contributed by atoms with E-state index in [1.54, 1.807) is 17.0 Å². The smallest absolute Gasteiger partial charge is 0.407 e. The Morgan fingerprint density at radius 2 is 1.77 bits per heavy atom. The minimum Gasteiger partial charge on any atom is -0.459 e. The Morgan fingerprint density at radius 3 is 2.35 bits per heavy atom. The zero-order valence-electron chi connectivity index (χ0n) is 15.4. The van der Waals surface area contributed by atoms with Gasteiger partial charge < -0.3 is 29.6 Å². The van der Waals surface area contributed by atoms with Crippen LogP contribution in [-0.2, 0) is 4.74 Å². The minimum absolute atomic E-state index is 0.102. The highest BCUT2D eigenvalue weighted by atomic mass is 32.1.